The summed E-state index contributed by atoms with van der Waals surface area (Å²) >= 11 is 0. The Bertz CT molecular complexity index is 269. The van der Waals surface area contributed by atoms with E-state index in [1.165, 1.54) is 19.3 Å². The molecule has 0 unspecified atom stereocenters. The van der Waals surface area contributed by atoms with E-state index in [1.54, 1.807) is 0 Å². The molecule has 2 aliphatic carbocycles. The van der Waals surface area contributed by atoms with Crippen LogP contribution in [0.15, 0.2) is 0 Å². The molecule has 0 aliphatic heterocycles. The lowest BCUT2D eigenvalue weighted by atomic mass is 10.2. The Labute approximate surface area is 73.4 Å². The molecule has 3 nitrogen and oxygen atoms in total. The summed E-state index contributed by atoms with van der Waals surface area (Å²) in [5.41, 5.74) is 0. The smallest absolute Gasteiger partial charge is 0.209 e. The fourth-order valence-corrected chi connectivity index (χ4v) is 2.65. The Morgan fingerprint density at radius 3 is 2.50 bits per heavy atom. The van der Waals surface area contributed by atoms with Gasteiger partial charge < -0.3 is 0 Å². The second kappa shape index (κ2) is 2.70. The van der Waals surface area contributed by atoms with Gasteiger partial charge in [-0.2, -0.15) is 0 Å². The lowest BCUT2D eigenvalue weighted by Crippen LogP contribution is -2.16. The van der Waals surface area contributed by atoms with Crippen LogP contribution in [0.3, 0.4) is 0 Å². The first-order valence-corrected chi connectivity index (χ1v) is 6.28. The molecule has 2 aliphatic rings. The summed E-state index contributed by atoms with van der Waals surface area (Å²) in [5, 5.41) is 4.92. The topological polar surface area (TPSA) is 60.2 Å². The predicted octanol–water partition coefficient (Wildman–Crippen LogP) is 0.711. The van der Waals surface area contributed by atoms with Gasteiger partial charge in [-0.25, -0.2) is 13.6 Å². The highest BCUT2D eigenvalue weighted by Gasteiger charge is 2.46. The van der Waals surface area contributed by atoms with E-state index in [-0.39, 0.29) is 5.75 Å². The van der Waals surface area contributed by atoms with E-state index < -0.39 is 10.0 Å². The average molecular weight is 189 g/mol. The van der Waals surface area contributed by atoms with Gasteiger partial charge in [0.25, 0.3) is 0 Å². The van der Waals surface area contributed by atoms with Crippen molar-refractivity contribution >= 4 is 10.0 Å². The third-order valence-electron chi connectivity index (χ3n) is 2.98. The quantitative estimate of drug-likeness (QED) is 0.708. The van der Waals surface area contributed by atoms with Crippen molar-refractivity contribution in [3.8, 4) is 0 Å². The summed E-state index contributed by atoms with van der Waals surface area (Å²) in [7, 11) is -3.21. The number of hydrogen-bond acceptors (Lipinski definition) is 2. The van der Waals surface area contributed by atoms with E-state index >= 15 is 0 Å². The zero-order valence-corrected chi connectivity index (χ0v) is 7.89. The molecular weight excluding hydrogens is 174 g/mol. The summed E-state index contributed by atoms with van der Waals surface area (Å²) in [4.78, 5) is 0. The van der Waals surface area contributed by atoms with Crippen LogP contribution in [-0.2, 0) is 10.0 Å². The molecule has 2 N–H and O–H groups in total. The fourth-order valence-electron chi connectivity index (χ4n) is 2.02. The normalized spacial score (nSPS) is 35.1. The maximum Gasteiger partial charge on any atom is 0.209 e. The molecule has 0 aromatic carbocycles. The van der Waals surface area contributed by atoms with E-state index in [0.29, 0.717) is 5.92 Å². The molecule has 70 valence electrons. The van der Waals surface area contributed by atoms with E-state index in [0.717, 1.165) is 18.3 Å². The number of nitrogens with two attached hydrogens (primary N) is 1. The Hall–Kier alpha value is -0.0900. The van der Waals surface area contributed by atoms with Gasteiger partial charge in [0.2, 0.25) is 10.0 Å². The lowest BCUT2D eigenvalue weighted by Gasteiger charge is -1.96. The van der Waals surface area contributed by atoms with Crippen LogP contribution in [0.5, 0.6) is 0 Å². The molecule has 0 amide bonds. The monoisotopic (exact) mass is 189 g/mol. The fraction of sp³-hybridized carbons (Fsp3) is 1.00. The maximum atomic E-state index is 10.6. The van der Waals surface area contributed by atoms with Crippen LogP contribution in [0.25, 0.3) is 0 Å². The van der Waals surface area contributed by atoms with Crippen LogP contribution in [0.1, 0.15) is 25.7 Å². The van der Waals surface area contributed by atoms with E-state index in [9.17, 15) is 8.42 Å². The van der Waals surface area contributed by atoms with Crippen LogP contribution in [0, 0.1) is 17.8 Å². The molecule has 2 fully saturated rings. The Balaban J connectivity index is 1.69. The van der Waals surface area contributed by atoms with Crippen LogP contribution in [0.2, 0.25) is 0 Å². The zero-order valence-electron chi connectivity index (χ0n) is 7.07. The van der Waals surface area contributed by atoms with Crippen molar-refractivity contribution in [2.45, 2.75) is 25.7 Å². The van der Waals surface area contributed by atoms with Gasteiger partial charge in [-0.05, 0) is 43.4 Å². The minimum Gasteiger partial charge on any atom is -0.229 e. The van der Waals surface area contributed by atoms with Crippen molar-refractivity contribution in [3.05, 3.63) is 0 Å². The first-order valence-electron chi connectivity index (χ1n) is 4.57. The SMILES string of the molecule is NS(=O)(=O)CC[C@@H]1C[C@H]1C1CC1. The van der Waals surface area contributed by atoms with Crippen LogP contribution in [-0.4, -0.2) is 14.2 Å². The molecule has 4 heteroatoms. The molecule has 0 heterocycles. The summed E-state index contributed by atoms with van der Waals surface area (Å²) in [5.74, 6) is 2.65. The highest BCUT2D eigenvalue weighted by Crippen LogP contribution is 2.55. The molecule has 0 saturated heterocycles. The van der Waals surface area contributed by atoms with Gasteiger partial charge in [0.05, 0.1) is 5.75 Å². The van der Waals surface area contributed by atoms with Gasteiger partial charge in [0.15, 0.2) is 0 Å². The number of hydrogen-bond donors (Lipinski definition) is 1. The average Bonchev–Trinajstić information content (AvgIpc) is 2.78. The molecule has 0 spiro atoms. The highest BCUT2D eigenvalue weighted by molar-refractivity contribution is 7.89. The molecule has 2 saturated carbocycles. The van der Waals surface area contributed by atoms with Gasteiger partial charge in [-0.15, -0.1) is 0 Å². The van der Waals surface area contributed by atoms with Crippen molar-refractivity contribution in [3.63, 3.8) is 0 Å². The van der Waals surface area contributed by atoms with Crippen LogP contribution >= 0.6 is 0 Å². The van der Waals surface area contributed by atoms with E-state index in [1.807, 2.05) is 0 Å². The van der Waals surface area contributed by atoms with Gasteiger partial charge in [0, 0.05) is 0 Å². The predicted molar refractivity (Wildman–Crippen MR) is 46.9 cm³/mol. The molecule has 0 bridgehead atoms. The molecule has 0 radical (unpaired) electrons. The Kier molecular flexibility index (Phi) is 1.92. The maximum absolute atomic E-state index is 10.6. The van der Waals surface area contributed by atoms with Crippen LogP contribution in [0.4, 0.5) is 0 Å². The van der Waals surface area contributed by atoms with Crippen molar-refractivity contribution in [1.29, 1.82) is 0 Å². The largest absolute Gasteiger partial charge is 0.229 e. The Morgan fingerprint density at radius 1 is 1.33 bits per heavy atom. The number of sulfonamides is 1. The summed E-state index contributed by atoms with van der Waals surface area (Å²) < 4.78 is 21.3. The van der Waals surface area contributed by atoms with Gasteiger partial charge in [-0.1, -0.05) is 0 Å². The third-order valence-corrected chi connectivity index (χ3v) is 3.78. The van der Waals surface area contributed by atoms with Gasteiger partial charge >= 0.3 is 0 Å². The molecule has 12 heavy (non-hydrogen) atoms. The summed E-state index contributed by atoms with van der Waals surface area (Å²) in [6.07, 6.45) is 4.78. The third kappa shape index (κ3) is 2.20. The first kappa shape index (κ1) is 8.51. The second-order valence-electron chi connectivity index (χ2n) is 4.15. The molecular formula is C8H15NO2S. The van der Waals surface area contributed by atoms with Crippen LogP contribution < -0.4 is 5.14 Å². The van der Waals surface area contributed by atoms with E-state index in [4.69, 9.17) is 5.14 Å². The standard InChI is InChI=1S/C8H15NO2S/c9-12(10,11)4-3-7-5-8(7)6-1-2-6/h6-8H,1-5H2,(H2,9,10,11)/t7-,8+/m1/s1. The first-order chi connectivity index (χ1) is 5.56. The Morgan fingerprint density at radius 2 is 2.00 bits per heavy atom. The number of rotatable bonds is 4. The second-order valence-corrected chi connectivity index (χ2v) is 5.89. The van der Waals surface area contributed by atoms with Crippen molar-refractivity contribution in [1.82, 2.24) is 0 Å². The van der Waals surface area contributed by atoms with Gasteiger partial charge in [-0.3, -0.25) is 0 Å². The minimum atomic E-state index is -3.21. The van der Waals surface area contributed by atoms with Gasteiger partial charge in [0.1, 0.15) is 0 Å². The molecule has 2 rings (SSSR count). The van der Waals surface area contributed by atoms with E-state index in [2.05, 4.69) is 0 Å². The lowest BCUT2D eigenvalue weighted by molar-refractivity contribution is 0.579. The van der Waals surface area contributed by atoms with Crippen molar-refractivity contribution in [2.24, 2.45) is 22.9 Å². The van der Waals surface area contributed by atoms with Crippen molar-refractivity contribution in [2.75, 3.05) is 5.75 Å². The summed E-state index contributed by atoms with van der Waals surface area (Å²) in [6, 6.07) is 0. The summed E-state index contributed by atoms with van der Waals surface area (Å²) in [6.45, 7) is 0. The van der Waals surface area contributed by atoms with Crippen molar-refractivity contribution < 1.29 is 8.42 Å². The number of primary sulfonamides is 1. The zero-order chi connectivity index (χ0) is 8.77. The molecule has 0 aromatic rings. The molecule has 0 aromatic heterocycles. The molecule has 2 atom stereocenters. The minimum absolute atomic E-state index is 0.181. The highest BCUT2D eigenvalue weighted by atomic mass is 32.2.